The maximum atomic E-state index is 10.2. The van der Waals surface area contributed by atoms with Gasteiger partial charge in [-0.1, -0.05) is 106 Å². The van der Waals surface area contributed by atoms with Crippen molar-refractivity contribution in [2.24, 2.45) is 33.5 Å². The lowest BCUT2D eigenvalue weighted by Crippen LogP contribution is -2.44. The highest BCUT2D eigenvalue weighted by Crippen LogP contribution is 2.47. The Labute approximate surface area is 175 Å². The van der Waals surface area contributed by atoms with Gasteiger partial charge in [-0.25, -0.2) is 0 Å². The summed E-state index contributed by atoms with van der Waals surface area (Å²) in [5, 5.41) is 20.4. The number of aliphatic hydroxyl groups is 2. The predicted molar refractivity (Wildman–Crippen MR) is 122 cm³/mol. The quantitative estimate of drug-likeness (QED) is 0.509. The van der Waals surface area contributed by atoms with Crippen molar-refractivity contribution in [2.75, 3.05) is 0 Å². The molecule has 0 spiro atoms. The smallest absolute Gasteiger partial charge is 0.0679 e. The Balaban J connectivity index is 0.000000280. The monoisotopic (exact) mass is 392 g/mol. The van der Waals surface area contributed by atoms with E-state index in [1.54, 1.807) is 0 Å². The fourth-order valence-corrected chi connectivity index (χ4v) is 5.22. The number of hydrogen-bond acceptors (Lipinski definition) is 2. The van der Waals surface area contributed by atoms with Gasteiger partial charge in [0, 0.05) is 10.8 Å². The molecule has 164 valence electrons. The highest BCUT2D eigenvalue weighted by atomic mass is 16.3. The van der Waals surface area contributed by atoms with Crippen LogP contribution < -0.4 is 0 Å². The molecule has 0 amide bonds. The molecule has 2 nitrogen and oxygen atoms in total. The van der Waals surface area contributed by atoms with Gasteiger partial charge in [0.1, 0.15) is 0 Å². The van der Waals surface area contributed by atoms with Crippen molar-refractivity contribution in [1.82, 2.24) is 0 Å². The first-order valence-corrected chi connectivity index (χ1v) is 11.1. The molecule has 0 aromatic heterocycles. The average Bonchev–Trinajstić information content (AvgIpc) is 2.49. The van der Waals surface area contributed by atoms with Crippen LogP contribution in [0.2, 0.25) is 0 Å². The number of rotatable bonds is 2. The van der Waals surface area contributed by atoms with Gasteiger partial charge in [-0.15, -0.1) is 0 Å². The van der Waals surface area contributed by atoms with Gasteiger partial charge >= 0.3 is 0 Å². The topological polar surface area (TPSA) is 40.5 Å². The normalized spacial score (nSPS) is 30.3. The first-order valence-electron chi connectivity index (χ1n) is 11.1. The minimum atomic E-state index is -0.238. The molecular formula is C26H48O2. The van der Waals surface area contributed by atoms with Crippen molar-refractivity contribution in [3.63, 3.8) is 0 Å². The van der Waals surface area contributed by atoms with Crippen molar-refractivity contribution in [3.05, 3.63) is 23.3 Å². The van der Waals surface area contributed by atoms with E-state index in [1.807, 2.05) is 0 Å². The van der Waals surface area contributed by atoms with Gasteiger partial charge in [0.25, 0.3) is 0 Å². The van der Waals surface area contributed by atoms with Gasteiger partial charge in [0.05, 0.1) is 12.2 Å². The summed E-state index contributed by atoms with van der Waals surface area (Å²) in [7, 11) is 0. The van der Waals surface area contributed by atoms with Crippen LogP contribution in [-0.2, 0) is 0 Å². The highest BCUT2D eigenvalue weighted by molar-refractivity contribution is 5.21. The second-order valence-corrected chi connectivity index (χ2v) is 12.5. The van der Waals surface area contributed by atoms with E-state index in [1.165, 1.54) is 11.1 Å². The van der Waals surface area contributed by atoms with Crippen LogP contribution in [0.5, 0.6) is 0 Å². The van der Waals surface area contributed by atoms with Crippen molar-refractivity contribution in [3.8, 4) is 0 Å². The van der Waals surface area contributed by atoms with Gasteiger partial charge in [0.15, 0.2) is 0 Å². The Morgan fingerprint density at radius 1 is 0.643 bits per heavy atom. The van der Waals surface area contributed by atoms with E-state index in [0.717, 1.165) is 12.8 Å². The zero-order valence-corrected chi connectivity index (χ0v) is 20.8. The van der Waals surface area contributed by atoms with Crippen LogP contribution in [0.15, 0.2) is 23.3 Å². The molecule has 0 aromatic carbocycles. The molecule has 2 atom stereocenters. The summed E-state index contributed by atoms with van der Waals surface area (Å²) in [4.78, 5) is 0. The van der Waals surface area contributed by atoms with Crippen LogP contribution in [0.1, 0.15) is 95.9 Å². The van der Waals surface area contributed by atoms with Crippen LogP contribution in [0.3, 0.4) is 0 Å². The van der Waals surface area contributed by atoms with Gasteiger partial charge in [-0.05, 0) is 35.5 Å². The number of hydrogen-bond donors (Lipinski definition) is 2. The highest BCUT2D eigenvalue weighted by Gasteiger charge is 2.43. The second-order valence-electron chi connectivity index (χ2n) is 12.5. The lowest BCUT2D eigenvalue weighted by atomic mass is 9.63. The minimum absolute atomic E-state index is 0.0118. The molecule has 2 aliphatic carbocycles. The average molecular weight is 393 g/mol. The lowest BCUT2D eigenvalue weighted by molar-refractivity contribution is -0.0293. The molecule has 0 aliphatic heterocycles. The van der Waals surface area contributed by atoms with E-state index in [9.17, 15) is 10.2 Å². The third-order valence-electron chi connectivity index (χ3n) is 6.81. The van der Waals surface area contributed by atoms with Crippen LogP contribution in [0.25, 0.3) is 0 Å². The number of aliphatic hydroxyl groups excluding tert-OH is 2. The number of allylic oxidation sites excluding steroid dienone is 2. The van der Waals surface area contributed by atoms with Gasteiger partial charge in [-0.2, -0.15) is 0 Å². The third kappa shape index (κ3) is 5.72. The van der Waals surface area contributed by atoms with E-state index in [4.69, 9.17) is 0 Å². The zero-order chi connectivity index (χ0) is 22.3. The second kappa shape index (κ2) is 8.26. The van der Waals surface area contributed by atoms with Gasteiger partial charge in [0.2, 0.25) is 0 Å². The molecule has 0 radical (unpaired) electrons. The van der Waals surface area contributed by atoms with E-state index in [2.05, 4.69) is 95.2 Å². The van der Waals surface area contributed by atoms with E-state index < -0.39 is 0 Å². The molecule has 2 unspecified atom stereocenters. The Hall–Kier alpha value is -0.600. The molecule has 0 bridgehead atoms. The fourth-order valence-electron chi connectivity index (χ4n) is 5.22. The Bertz CT molecular complexity index is 546. The first kappa shape index (κ1) is 25.4. The summed E-state index contributed by atoms with van der Waals surface area (Å²) in [6.07, 6.45) is 6.11. The summed E-state index contributed by atoms with van der Waals surface area (Å²) in [6.45, 7) is 26.1. The van der Waals surface area contributed by atoms with Crippen molar-refractivity contribution in [1.29, 1.82) is 0 Å². The predicted octanol–water partition coefficient (Wildman–Crippen LogP) is 6.77. The Morgan fingerprint density at radius 2 is 0.893 bits per heavy atom. The standard InChI is InChI=1S/2C13H24O/c2*1-9(2)10-7-12(3,4)11(14)13(5,6)8-10/h2*7,9,11,14H,8H2,1-6H3. The van der Waals surface area contributed by atoms with Crippen molar-refractivity contribution >= 4 is 0 Å². The Morgan fingerprint density at radius 3 is 1.07 bits per heavy atom. The van der Waals surface area contributed by atoms with Crippen LogP contribution in [0.4, 0.5) is 0 Å². The maximum Gasteiger partial charge on any atom is 0.0679 e. The van der Waals surface area contributed by atoms with Gasteiger partial charge in [-0.3, -0.25) is 0 Å². The molecule has 2 heteroatoms. The van der Waals surface area contributed by atoms with Crippen LogP contribution in [-0.4, -0.2) is 22.4 Å². The molecule has 28 heavy (non-hydrogen) atoms. The van der Waals surface area contributed by atoms with E-state index >= 15 is 0 Å². The van der Waals surface area contributed by atoms with Crippen LogP contribution in [0, 0.1) is 33.5 Å². The summed E-state index contributed by atoms with van der Waals surface area (Å²) >= 11 is 0. The van der Waals surface area contributed by atoms with E-state index in [0.29, 0.717) is 11.8 Å². The van der Waals surface area contributed by atoms with Gasteiger partial charge < -0.3 is 10.2 Å². The lowest BCUT2D eigenvalue weighted by Gasteiger charge is -2.45. The molecule has 2 rings (SSSR count). The first-order chi connectivity index (χ1) is 12.3. The minimum Gasteiger partial charge on any atom is -0.392 e. The van der Waals surface area contributed by atoms with Crippen LogP contribution >= 0.6 is 0 Å². The van der Waals surface area contributed by atoms with E-state index in [-0.39, 0.29) is 33.9 Å². The largest absolute Gasteiger partial charge is 0.392 e. The SMILES string of the molecule is CC(C)C1=CC(C)(C)C(O)C(C)(C)C1.CC(C)C1=CC(C)(C)C(O)C(C)(C)C1. The molecule has 0 aromatic rings. The third-order valence-corrected chi connectivity index (χ3v) is 6.81. The molecule has 0 saturated heterocycles. The maximum absolute atomic E-state index is 10.2. The molecule has 2 N–H and O–H groups in total. The summed E-state index contributed by atoms with van der Waals surface area (Å²) in [5.74, 6) is 1.20. The molecule has 0 heterocycles. The summed E-state index contributed by atoms with van der Waals surface area (Å²) in [5.41, 5.74) is 2.84. The van der Waals surface area contributed by atoms with Crippen molar-refractivity contribution in [2.45, 2.75) is 108 Å². The fraction of sp³-hybridized carbons (Fsp3) is 0.846. The van der Waals surface area contributed by atoms with Crippen molar-refractivity contribution < 1.29 is 10.2 Å². The summed E-state index contributed by atoms with van der Waals surface area (Å²) in [6, 6.07) is 0. The molecule has 0 saturated carbocycles. The Kier molecular flexibility index (Phi) is 7.51. The molecule has 0 fully saturated rings. The summed E-state index contributed by atoms with van der Waals surface area (Å²) < 4.78 is 0. The molecule has 2 aliphatic rings. The molecular weight excluding hydrogens is 344 g/mol. The zero-order valence-electron chi connectivity index (χ0n) is 20.8.